The third kappa shape index (κ3) is 5.36. The molecular weight excluding hydrogens is 329 g/mol. The van der Waals surface area contributed by atoms with Crippen LogP contribution in [0.25, 0.3) is 0 Å². The van der Waals surface area contributed by atoms with Crippen molar-refractivity contribution in [2.75, 3.05) is 32.7 Å². The number of nitrogens with zero attached hydrogens (tertiary/aromatic N) is 3. The summed E-state index contributed by atoms with van der Waals surface area (Å²) in [5.74, 6) is 0.109. The number of aromatic nitrogens is 1. The molecule has 1 aromatic heterocycles. The second kappa shape index (κ2) is 9.43. The van der Waals surface area contributed by atoms with E-state index in [2.05, 4.69) is 9.88 Å². The summed E-state index contributed by atoms with van der Waals surface area (Å²) in [5.41, 5.74) is 1.94. The summed E-state index contributed by atoms with van der Waals surface area (Å²) in [7, 11) is 0. The van der Waals surface area contributed by atoms with Gasteiger partial charge in [0.15, 0.2) is 0 Å². The van der Waals surface area contributed by atoms with Crippen molar-refractivity contribution in [2.24, 2.45) is 0 Å². The summed E-state index contributed by atoms with van der Waals surface area (Å²) >= 11 is 0. The van der Waals surface area contributed by atoms with Crippen molar-refractivity contribution in [3.8, 4) is 0 Å². The summed E-state index contributed by atoms with van der Waals surface area (Å²) in [5, 5.41) is 0. The molecule has 0 bridgehead atoms. The average molecular weight is 355 g/mol. The van der Waals surface area contributed by atoms with Crippen molar-refractivity contribution in [3.63, 3.8) is 0 Å². The standard InChI is InChI=1S/C21H26FN3O/c22-20-8-2-1-7-19(20)10-12-24-13-15-25(16-14-24)21(26)9-3-5-18-6-4-11-23-17-18/h1-2,4,6-8,11,17H,3,5,9-10,12-16H2. The van der Waals surface area contributed by atoms with Gasteiger partial charge in [-0.1, -0.05) is 24.3 Å². The molecule has 0 spiro atoms. The maximum Gasteiger partial charge on any atom is 0.222 e. The van der Waals surface area contributed by atoms with E-state index in [1.807, 2.05) is 35.4 Å². The molecule has 1 aliphatic rings. The van der Waals surface area contributed by atoms with Gasteiger partial charge in [0.2, 0.25) is 5.91 Å². The maximum absolute atomic E-state index is 13.7. The number of benzene rings is 1. The zero-order chi connectivity index (χ0) is 18.2. The molecule has 3 rings (SSSR count). The predicted molar refractivity (Wildman–Crippen MR) is 100 cm³/mol. The van der Waals surface area contributed by atoms with Crippen molar-refractivity contribution in [1.29, 1.82) is 0 Å². The fourth-order valence-corrected chi connectivity index (χ4v) is 3.35. The Morgan fingerprint density at radius 3 is 2.58 bits per heavy atom. The van der Waals surface area contributed by atoms with Gasteiger partial charge >= 0.3 is 0 Å². The molecule has 1 amide bonds. The van der Waals surface area contributed by atoms with Crippen LogP contribution in [-0.2, 0) is 17.6 Å². The van der Waals surface area contributed by atoms with E-state index in [1.54, 1.807) is 12.3 Å². The van der Waals surface area contributed by atoms with Gasteiger partial charge in [0.1, 0.15) is 5.82 Å². The van der Waals surface area contributed by atoms with Crippen LogP contribution in [-0.4, -0.2) is 53.4 Å². The van der Waals surface area contributed by atoms with E-state index < -0.39 is 0 Å². The number of hydrogen-bond donors (Lipinski definition) is 0. The lowest BCUT2D eigenvalue weighted by Crippen LogP contribution is -2.49. The van der Waals surface area contributed by atoms with Crippen LogP contribution in [0.4, 0.5) is 4.39 Å². The lowest BCUT2D eigenvalue weighted by atomic mass is 10.1. The van der Waals surface area contributed by atoms with Gasteiger partial charge in [-0.05, 0) is 42.5 Å². The Hall–Kier alpha value is -2.27. The van der Waals surface area contributed by atoms with E-state index in [0.717, 1.165) is 51.1 Å². The first-order valence-electron chi connectivity index (χ1n) is 9.35. The number of carbonyl (C=O) groups excluding carboxylic acids is 1. The van der Waals surface area contributed by atoms with Crippen molar-refractivity contribution in [1.82, 2.24) is 14.8 Å². The van der Waals surface area contributed by atoms with Gasteiger partial charge < -0.3 is 4.90 Å². The molecule has 0 saturated carbocycles. The van der Waals surface area contributed by atoms with Crippen molar-refractivity contribution < 1.29 is 9.18 Å². The van der Waals surface area contributed by atoms with Crippen molar-refractivity contribution in [2.45, 2.75) is 25.7 Å². The molecule has 0 aliphatic carbocycles. The molecule has 0 atom stereocenters. The molecule has 1 aliphatic heterocycles. The van der Waals surface area contributed by atoms with Crippen LogP contribution >= 0.6 is 0 Å². The van der Waals surface area contributed by atoms with Gasteiger partial charge in [-0.3, -0.25) is 14.7 Å². The average Bonchev–Trinajstić information content (AvgIpc) is 2.68. The molecule has 2 aromatic rings. The summed E-state index contributed by atoms with van der Waals surface area (Å²) in [4.78, 5) is 20.7. The van der Waals surface area contributed by atoms with E-state index in [4.69, 9.17) is 0 Å². The number of aryl methyl sites for hydroxylation is 1. The molecule has 1 fully saturated rings. The maximum atomic E-state index is 13.7. The summed E-state index contributed by atoms with van der Waals surface area (Å²) in [6, 6.07) is 10.9. The van der Waals surface area contributed by atoms with E-state index in [0.29, 0.717) is 12.8 Å². The minimum atomic E-state index is -0.130. The predicted octanol–water partition coefficient (Wildman–Crippen LogP) is 2.93. The first-order valence-corrected chi connectivity index (χ1v) is 9.35. The zero-order valence-electron chi connectivity index (χ0n) is 15.1. The molecule has 0 N–H and O–H groups in total. The largest absolute Gasteiger partial charge is 0.340 e. The van der Waals surface area contributed by atoms with E-state index in [1.165, 1.54) is 11.6 Å². The summed E-state index contributed by atoms with van der Waals surface area (Å²) in [6.45, 7) is 4.10. The fourth-order valence-electron chi connectivity index (χ4n) is 3.35. The Morgan fingerprint density at radius 2 is 1.85 bits per heavy atom. The van der Waals surface area contributed by atoms with Gasteiger partial charge in [-0.25, -0.2) is 4.39 Å². The second-order valence-corrected chi connectivity index (χ2v) is 6.78. The lowest BCUT2D eigenvalue weighted by Gasteiger charge is -2.34. The van der Waals surface area contributed by atoms with Crippen LogP contribution in [0, 0.1) is 5.82 Å². The number of carbonyl (C=O) groups is 1. The minimum Gasteiger partial charge on any atom is -0.340 e. The number of amides is 1. The number of hydrogen-bond acceptors (Lipinski definition) is 3. The normalized spacial score (nSPS) is 15.2. The number of halogens is 1. The van der Waals surface area contributed by atoms with Gasteiger partial charge in [-0.2, -0.15) is 0 Å². The Bertz CT molecular complexity index is 699. The molecule has 4 nitrogen and oxygen atoms in total. The van der Waals surface area contributed by atoms with Crippen LogP contribution in [0.3, 0.4) is 0 Å². The molecule has 0 radical (unpaired) electrons. The molecular formula is C21H26FN3O. The number of piperazine rings is 1. The Kier molecular flexibility index (Phi) is 6.72. The molecule has 1 saturated heterocycles. The number of rotatable bonds is 7. The third-order valence-corrected chi connectivity index (χ3v) is 4.96. The summed E-state index contributed by atoms with van der Waals surface area (Å²) < 4.78 is 13.7. The first-order chi connectivity index (χ1) is 12.7. The smallest absolute Gasteiger partial charge is 0.222 e. The van der Waals surface area contributed by atoms with E-state index >= 15 is 0 Å². The topological polar surface area (TPSA) is 36.4 Å². The molecule has 26 heavy (non-hydrogen) atoms. The van der Waals surface area contributed by atoms with E-state index in [-0.39, 0.29) is 11.7 Å². The monoisotopic (exact) mass is 355 g/mol. The SMILES string of the molecule is O=C(CCCc1cccnc1)N1CCN(CCc2ccccc2F)CC1. The highest BCUT2D eigenvalue weighted by Crippen LogP contribution is 2.11. The molecule has 138 valence electrons. The molecule has 1 aromatic carbocycles. The molecule has 2 heterocycles. The Morgan fingerprint density at radius 1 is 1.04 bits per heavy atom. The Labute approximate surface area is 154 Å². The highest BCUT2D eigenvalue weighted by atomic mass is 19.1. The second-order valence-electron chi connectivity index (χ2n) is 6.78. The van der Waals surface area contributed by atoms with Crippen molar-refractivity contribution >= 4 is 5.91 Å². The van der Waals surface area contributed by atoms with Gasteiger partial charge in [-0.15, -0.1) is 0 Å². The van der Waals surface area contributed by atoms with Gasteiger partial charge in [0.25, 0.3) is 0 Å². The highest BCUT2D eigenvalue weighted by molar-refractivity contribution is 5.76. The minimum absolute atomic E-state index is 0.130. The zero-order valence-corrected chi connectivity index (χ0v) is 15.1. The highest BCUT2D eigenvalue weighted by Gasteiger charge is 2.20. The van der Waals surface area contributed by atoms with Crippen molar-refractivity contribution in [3.05, 3.63) is 65.7 Å². The van der Waals surface area contributed by atoms with Crippen LogP contribution in [0.1, 0.15) is 24.0 Å². The lowest BCUT2D eigenvalue weighted by molar-refractivity contribution is -0.133. The van der Waals surface area contributed by atoms with Gasteiger partial charge in [0, 0.05) is 51.5 Å². The number of pyridine rings is 1. The van der Waals surface area contributed by atoms with Crippen LogP contribution in [0.5, 0.6) is 0 Å². The third-order valence-electron chi connectivity index (χ3n) is 4.96. The summed E-state index contributed by atoms with van der Waals surface area (Å²) in [6.07, 6.45) is 6.68. The van der Waals surface area contributed by atoms with Crippen LogP contribution < -0.4 is 0 Å². The molecule has 0 unspecified atom stereocenters. The first kappa shape index (κ1) is 18.5. The van der Waals surface area contributed by atoms with Crippen LogP contribution in [0.15, 0.2) is 48.8 Å². The Balaban J connectivity index is 1.35. The van der Waals surface area contributed by atoms with E-state index in [9.17, 15) is 9.18 Å². The van der Waals surface area contributed by atoms with Gasteiger partial charge in [0.05, 0.1) is 0 Å². The fraction of sp³-hybridized carbons (Fsp3) is 0.429. The van der Waals surface area contributed by atoms with Crippen LogP contribution in [0.2, 0.25) is 0 Å². The quantitative estimate of drug-likeness (QED) is 0.766. The molecule has 5 heteroatoms.